The van der Waals surface area contributed by atoms with Gasteiger partial charge in [0.05, 0.1) is 11.3 Å². The van der Waals surface area contributed by atoms with E-state index in [0.29, 0.717) is 5.56 Å². The first-order valence-corrected chi connectivity index (χ1v) is 3.75. The zero-order valence-electron chi connectivity index (χ0n) is 6.73. The monoisotopic (exact) mass is 170 g/mol. The molecule has 0 bridgehead atoms. The lowest BCUT2D eigenvalue weighted by atomic mass is 10.1. The van der Waals surface area contributed by atoms with E-state index in [-0.39, 0.29) is 0 Å². The molecule has 0 atom stereocenters. The molecule has 1 N–H and O–H groups in total. The van der Waals surface area contributed by atoms with Crippen LogP contribution in [0.1, 0.15) is 5.56 Å². The third kappa shape index (κ3) is 1.27. The predicted molar refractivity (Wildman–Crippen MR) is 46.5 cm³/mol. The SMILES string of the molecule is N#Cc1cnccc1-c1ccn[nH]1. The Bertz CT molecular complexity index is 439. The van der Waals surface area contributed by atoms with Crippen molar-refractivity contribution < 1.29 is 0 Å². The van der Waals surface area contributed by atoms with Crippen molar-refractivity contribution in [1.82, 2.24) is 15.2 Å². The van der Waals surface area contributed by atoms with Crippen molar-refractivity contribution in [1.29, 1.82) is 5.26 Å². The molecule has 0 aromatic carbocycles. The van der Waals surface area contributed by atoms with Gasteiger partial charge in [-0.05, 0) is 12.1 Å². The van der Waals surface area contributed by atoms with Crippen molar-refractivity contribution in [3.8, 4) is 17.3 Å². The van der Waals surface area contributed by atoms with E-state index in [0.717, 1.165) is 11.3 Å². The molecule has 0 aliphatic heterocycles. The van der Waals surface area contributed by atoms with Crippen molar-refractivity contribution >= 4 is 0 Å². The molecule has 0 radical (unpaired) electrons. The molecule has 0 aliphatic rings. The molecule has 2 heterocycles. The molecule has 0 saturated heterocycles. The summed E-state index contributed by atoms with van der Waals surface area (Å²) in [5, 5.41) is 15.4. The maximum absolute atomic E-state index is 8.79. The summed E-state index contributed by atoms with van der Waals surface area (Å²) in [7, 11) is 0. The molecule has 2 aromatic heterocycles. The number of nitrogens with one attached hydrogen (secondary N) is 1. The van der Waals surface area contributed by atoms with Crippen LogP contribution in [0.2, 0.25) is 0 Å². The summed E-state index contributed by atoms with van der Waals surface area (Å²) in [6.07, 6.45) is 4.84. The van der Waals surface area contributed by atoms with Gasteiger partial charge in [-0.2, -0.15) is 10.4 Å². The van der Waals surface area contributed by atoms with Gasteiger partial charge in [0.1, 0.15) is 6.07 Å². The van der Waals surface area contributed by atoms with Gasteiger partial charge in [0.15, 0.2) is 0 Å². The summed E-state index contributed by atoms with van der Waals surface area (Å²) in [6.45, 7) is 0. The van der Waals surface area contributed by atoms with Crippen LogP contribution < -0.4 is 0 Å². The van der Waals surface area contributed by atoms with E-state index in [1.807, 2.05) is 6.07 Å². The van der Waals surface area contributed by atoms with Crippen LogP contribution in [0, 0.1) is 11.3 Å². The second kappa shape index (κ2) is 3.07. The van der Waals surface area contributed by atoms with Gasteiger partial charge in [-0.25, -0.2) is 0 Å². The highest BCUT2D eigenvalue weighted by atomic mass is 15.1. The average molecular weight is 170 g/mol. The zero-order valence-corrected chi connectivity index (χ0v) is 6.73. The topological polar surface area (TPSA) is 65.4 Å². The number of aromatic amines is 1. The summed E-state index contributed by atoms with van der Waals surface area (Å²) in [5.41, 5.74) is 2.21. The number of rotatable bonds is 1. The van der Waals surface area contributed by atoms with Gasteiger partial charge >= 0.3 is 0 Å². The van der Waals surface area contributed by atoms with Gasteiger partial charge in [-0.3, -0.25) is 10.1 Å². The summed E-state index contributed by atoms with van der Waals surface area (Å²) in [6, 6.07) is 5.67. The number of nitrogens with zero attached hydrogens (tertiary/aromatic N) is 3. The van der Waals surface area contributed by atoms with E-state index in [1.165, 1.54) is 6.20 Å². The lowest BCUT2D eigenvalue weighted by Gasteiger charge is -1.97. The van der Waals surface area contributed by atoms with Crippen LogP contribution in [0.25, 0.3) is 11.3 Å². The zero-order chi connectivity index (χ0) is 9.10. The van der Waals surface area contributed by atoms with Crippen molar-refractivity contribution in [2.45, 2.75) is 0 Å². The van der Waals surface area contributed by atoms with Gasteiger partial charge in [0.25, 0.3) is 0 Å². The summed E-state index contributed by atoms with van der Waals surface area (Å²) in [5.74, 6) is 0. The van der Waals surface area contributed by atoms with E-state index in [1.54, 1.807) is 18.5 Å². The molecule has 2 rings (SSSR count). The standard InChI is InChI=1S/C9H6N4/c10-5-7-6-11-3-1-8(7)9-2-4-12-13-9/h1-4,6H,(H,12,13). The van der Waals surface area contributed by atoms with E-state index in [2.05, 4.69) is 21.3 Å². The minimum absolute atomic E-state index is 0.548. The third-order valence-electron chi connectivity index (χ3n) is 1.73. The molecule has 2 aromatic rings. The van der Waals surface area contributed by atoms with Gasteiger partial charge < -0.3 is 0 Å². The number of pyridine rings is 1. The third-order valence-corrected chi connectivity index (χ3v) is 1.73. The lowest BCUT2D eigenvalue weighted by molar-refractivity contribution is 1.09. The van der Waals surface area contributed by atoms with Gasteiger partial charge in [0.2, 0.25) is 0 Å². The molecule has 0 amide bonds. The van der Waals surface area contributed by atoms with Crippen LogP contribution in [0.15, 0.2) is 30.7 Å². The normalized spacial score (nSPS) is 9.46. The fourth-order valence-electron chi connectivity index (χ4n) is 1.12. The second-order valence-corrected chi connectivity index (χ2v) is 2.50. The summed E-state index contributed by atoms with van der Waals surface area (Å²) >= 11 is 0. The fraction of sp³-hybridized carbons (Fsp3) is 0. The first-order chi connectivity index (χ1) is 6.42. The quantitative estimate of drug-likeness (QED) is 0.702. The van der Waals surface area contributed by atoms with E-state index in [9.17, 15) is 0 Å². The Morgan fingerprint density at radius 3 is 2.92 bits per heavy atom. The molecule has 0 unspecified atom stereocenters. The van der Waals surface area contributed by atoms with Crippen LogP contribution in [0.4, 0.5) is 0 Å². The Balaban J connectivity index is 2.59. The maximum Gasteiger partial charge on any atom is 0.101 e. The highest BCUT2D eigenvalue weighted by molar-refractivity contribution is 5.65. The fourth-order valence-corrected chi connectivity index (χ4v) is 1.12. The molecular formula is C9H6N4. The van der Waals surface area contributed by atoms with Crippen molar-refractivity contribution in [2.75, 3.05) is 0 Å². The summed E-state index contributed by atoms with van der Waals surface area (Å²) in [4.78, 5) is 3.87. The highest BCUT2D eigenvalue weighted by Crippen LogP contribution is 2.18. The van der Waals surface area contributed by atoms with E-state index in [4.69, 9.17) is 5.26 Å². The average Bonchev–Trinajstić information content (AvgIpc) is 2.70. The molecule has 13 heavy (non-hydrogen) atoms. The van der Waals surface area contributed by atoms with Gasteiger partial charge in [0, 0.05) is 24.2 Å². The Morgan fingerprint density at radius 2 is 2.23 bits per heavy atom. The number of nitriles is 1. The van der Waals surface area contributed by atoms with Crippen LogP contribution in [0.5, 0.6) is 0 Å². The van der Waals surface area contributed by atoms with Crippen LogP contribution in [-0.2, 0) is 0 Å². The highest BCUT2D eigenvalue weighted by Gasteiger charge is 2.04. The minimum atomic E-state index is 0.548. The Labute approximate surface area is 74.9 Å². The number of aromatic nitrogens is 3. The first kappa shape index (κ1) is 7.50. The number of hydrogen-bond acceptors (Lipinski definition) is 3. The molecule has 0 saturated carbocycles. The maximum atomic E-state index is 8.79. The van der Waals surface area contributed by atoms with Crippen molar-refractivity contribution in [3.63, 3.8) is 0 Å². The van der Waals surface area contributed by atoms with Gasteiger partial charge in [-0.15, -0.1) is 0 Å². The first-order valence-electron chi connectivity index (χ1n) is 3.75. The second-order valence-electron chi connectivity index (χ2n) is 2.50. The van der Waals surface area contributed by atoms with E-state index < -0.39 is 0 Å². The minimum Gasteiger partial charge on any atom is -0.278 e. The Morgan fingerprint density at radius 1 is 1.31 bits per heavy atom. The molecular weight excluding hydrogens is 164 g/mol. The smallest absolute Gasteiger partial charge is 0.101 e. The van der Waals surface area contributed by atoms with Crippen molar-refractivity contribution in [3.05, 3.63) is 36.3 Å². The van der Waals surface area contributed by atoms with Crippen LogP contribution in [-0.4, -0.2) is 15.2 Å². The van der Waals surface area contributed by atoms with Gasteiger partial charge in [-0.1, -0.05) is 0 Å². The molecule has 0 spiro atoms. The Hall–Kier alpha value is -2.15. The van der Waals surface area contributed by atoms with Crippen molar-refractivity contribution in [2.24, 2.45) is 0 Å². The summed E-state index contributed by atoms with van der Waals surface area (Å²) < 4.78 is 0. The number of hydrogen-bond donors (Lipinski definition) is 1. The molecule has 4 heteroatoms. The largest absolute Gasteiger partial charge is 0.278 e. The number of H-pyrrole nitrogens is 1. The van der Waals surface area contributed by atoms with E-state index >= 15 is 0 Å². The van der Waals surface area contributed by atoms with Crippen LogP contribution >= 0.6 is 0 Å². The molecule has 0 fully saturated rings. The molecule has 62 valence electrons. The van der Waals surface area contributed by atoms with Crippen LogP contribution in [0.3, 0.4) is 0 Å². The molecule has 0 aliphatic carbocycles. The Kier molecular flexibility index (Phi) is 1.77. The lowest BCUT2D eigenvalue weighted by Crippen LogP contribution is -1.85. The predicted octanol–water partition coefficient (Wildman–Crippen LogP) is 1.34. The molecule has 4 nitrogen and oxygen atoms in total.